The molecular weight excluding hydrogens is 350 g/mol. The summed E-state index contributed by atoms with van der Waals surface area (Å²) >= 11 is 1.57. The van der Waals surface area contributed by atoms with E-state index in [1.807, 2.05) is 29.8 Å². The van der Waals surface area contributed by atoms with Crippen LogP contribution in [0.2, 0.25) is 0 Å². The number of nitrogens with one attached hydrogen (secondary N) is 1. The average molecular weight is 373 g/mol. The van der Waals surface area contributed by atoms with Gasteiger partial charge in [0.25, 0.3) is 0 Å². The van der Waals surface area contributed by atoms with Gasteiger partial charge >= 0.3 is 0 Å². The van der Waals surface area contributed by atoms with Gasteiger partial charge in [-0.2, -0.15) is 0 Å². The van der Waals surface area contributed by atoms with Gasteiger partial charge in [0.1, 0.15) is 5.75 Å². The van der Waals surface area contributed by atoms with Crippen LogP contribution in [0.15, 0.2) is 30.5 Å². The maximum Gasteiger partial charge on any atom is 0.214 e. The Kier molecular flexibility index (Phi) is 5.05. The van der Waals surface area contributed by atoms with Crippen LogP contribution in [0, 0.1) is 6.92 Å². The Morgan fingerprint density at radius 2 is 2.04 bits per heavy atom. The Bertz CT molecular complexity index is 823. The summed E-state index contributed by atoms with van der Waals surface area (Å²) in [4.78, 5) is 7.84. The van der Waals surface area contributed by atoms with E-state index < -0.39 is 0 Å². The molecule has 1 aliphatic heterocycles. The van der Waals surface area contributed by atoms with E-state index in [1.54, 1.807) is 18.4 Å². The van der Waals surface area contributed by atoms with E-state index in [4.69, 9.17) is 9.47 Å². The second-order valence-electron chi connectivity index (χ2n) is 6.33. The number of hydrogen-bond acceptors (Lipinski definition) is 7. The first kappa shape index (κ1) is 17.3. The number of ether oxygens (including phenoxy) is 2. The van der Waals surface area contributed by atoms with Crippen LogP contribution >= 0.6 is 11.3 Å². The van der Waals surface area contributed by atoms with Gasteiger partial charge in [0.2, 0.25) is 10.1 Å². The van der Waals surface area contributed by atoms with Gasteiger partial charge in [0.05, 0.1) is 38.3 Å². The van der Waals surface area contributed by atoms with Gasteiger partial charge in [-0.15, -0.1) is 5.10 Å². The van der Waals surface area contributed by atoms with Crippen LogP contribution in [0.25, 0.3) is 4.96 Å². The lowest BCUT2D eigenvalue weighted by Gasteiger charge is -2.34. The number of anilines is 1. The largest absolute Gasteiger partial charge is 0.497 e. The molecule has 138 valence electrons. The number of rotatable bonds is 6. The van der Waals surface area contributed by atoms with Crippen LogP contribution in [0.4, 0.5) is 5.13 Å². The first-order chi connectivity index (χ1) is 12.7. The molecule has 0 amide bonds. The Morgan fingerprint density at radius 3 is 2.73 bits per heavy atom. The molecule has 1 fully saturated rings. The molecule has 0 spiro atoms. The molecule has 4 rings (SSSR count). The first-order valence-electron chi connectivity index (χ1n) is 8.75. The maximum absolute atomic E-state index is 5.52. The van der Waals surface area contributed by atoms with Crippen LogP contribution in [0.5, 0.6) is 5.75 Å². The quantitative estimate of drug-likeness (QED) is 0.717. The van der Waals surface area contributed by atoms with Crippen molar-refractivity contribution >= 4 is 21.4 Å². The van der Waals surface area contributed by atoms with E-state index in [2.05, 4.69) is 32.4 Å². The highest BCUT2D eigenvalue weighted by Crippen LogP contribution is 2.26. The molecule has 1 aliphatic rings. The second kappa shape index (κ2) is 7.61. The van der Waals surface area contributed by atoms with Crippen molar-refractivity contribution in [3.05, 3.63) is 41.7 Å². The molecule has 3 heterocycles. The Labute approximate surface area is 156 Å². The monoisotopic (exact) mass is 373 g/mol. The van der Waals surface area contributed by atoms with E-state index in [9.17, 15) is 0 Å². The molecule has 1 aromatic carbocycles. The molecule has 1 atom stereocenters. The zero-order valence-electron chi connectivity index (χ0n) is 15.0. The molecular formula is C18H23N5O2S. The van der Waals surface area contributed by atoms with E-state index in [-0.39, 0.29) is 6.04 Å². The molecule has 0 aliphatic carbocycles. The summed E-state index contributed by atoms with van der Waals surface area (Å²) in [6, 6.07) is 8.56. The zero-order chi connectivity index (χ0) is 17.9. The van der Waals surface area contributed by atoms with Gasteiger partial charge in [-0.05, 0) is 24.6 Å². The summed E-state index contributed by atoms with van der Waals surface area (Å²) in [6.07, 6.45) is 1.94. The van der Waals surface area contributed by atoms with E-state index >= 15 is 0 Å². The smallest absolute Gasteiger partial charge is 0.214 e. The Balaban J connectivity index is 1.51. The highest BCUT2D eigenvalue weighted by Gasteiger charge is 2.23. The number of fused-ring (bicyclic) bond motifs is 1. The minimum Gasteiger partial charge on any atom is -0.497 e. The summed E-state index contributed by atoms with van der Waals surface area (Å²) in [7, 11) is 1.69. The van der Waals surface area contributed by atoms with Crippen LogP contribution in [0.1, 0.15) is 17.3 Å². The fourth-order valence-electron chi connectivity index (χ4n) is 3.24. The number of morpholine rings is 1. The number of methoxy groups -OCH3 is 1. The van der Waals surface area contributed by atoms with Gasteiger partial charge in [0, 0.05) is 19.6 Å². The molecule has 7 nitrogen and oxygen atoms in total. The fraction of sp³-hybridized carbons (Fsp3) is 0.444. The Morgan fingerprint density at radius 1 is 1.27 bits per heavy atom. The van der Waals surface area contributed by atoms with Crippen molar-refractivity contribution in [2.75, 3.05) is 45.3 Å². The van der Waals surface area contributed by atoms with Crippen molar-refractivity contribution in [1.82, 2.24) is 19.5 Å². The van der Waals surface area contributed by atoms with Gasteiger partial charge in [-0.25, -0.2) is 9.50 Å². The number of aryl methyl sites for hydroxylation is 1. The fourth-order valence-corrected chi connectivity index (χ4v) is 4.07. The van der Waals surface area contributed by atoms with Crippen LogP contribution in [0.3, 0.4) is 0 Å². The van der Waals surface area contributed by atoms with E-state index in [0.29, 0.717) is 0 Å². The third-order valence-electron chi connectivity index (χ3n) is 4.60. The third kappa shape index (κ3) is 3.67. The molecule has 0 bridgehead atoms. The van der Waals surface area contributed by atoms with Gasteiger partial charge in [-0.3, -0.25) is 4.90 Å². The highest BCUT2D eigenvalue weighted by atomic mass is 32.1. The van der Waals surface area contributed by atoms with E-state index in [1.165, 1.54) is 5.56 Å². The molecule has 3 aromatic rings. The lowest BCUT2D eigenvalue weighted by Crippen LogP contribution is -2.41. The summed E-state index contributed by atoms with van der Waals surface area (Å²) in [5, 5.41) is 8.96. The summed E-state index contributed by atoms with van der Waals surface area (Å²) < 4.78 is 12.6. The summed E-state index contributed by atoms with van der Waals surface area (Å²) in [5.74, 6) is 0.874. The highest BCUT2D eigenvalue weighted by molar-refractivity contribution is 7.20. The zero-order valence-corrected chi connectivity index (χ0v) is 15.8. The predicted octanol–water partition coefficient (Wildman–Crippen LogP) is 2.59. The Hall–Kier alpha value is -2.16. The number of hydrogen-bond donors (Lipinski definition) is 1. The SMILES string of the molecule is COc1ccc(C(CNc2nn3cc(C)nc3s2)N2CCOCC2)cc1. The number of benzene rings is 1. The second-order valence-corrected chi connectivity index (χ2v) is 7.29. The molecule has 1 N–H and O–H groups in total. The van der Waals surface area contributed by atoms with Crippen molar-refractivity contribution in [2.24, 2.45) is 0 Å². The average Bonchev–Trinajstić information content (AvgIpc) is 3.20. The summed E-state index contributed by atoms with van der Waals surface area (Å²) in [5.41, 5.74) is 2.25. The first-order valence-corrected chi connectivity index (χ1v) is 9.57. The minimum atomic E-state index is 0.253. The van der Waals surface area contributed by atoms with Crippen molar-refractivity contribution < 1.29 is 9.47 Å². The lowest BCUT2D eigenvalue weighted by molar-refractivity contribution is 0.0187. The van der Waals surface area contributed by atoms with Gasteiger partial charge in [-0.1, -0.05) is 23.5 Å². The normalized spacial score (nSPS) is 16.7. The molecule has 1 unspecified atom stereocenters. The minimum absolute atomic E-state index is 0.253. The molecule has 8 heteroatoms. The molecule has 2 aromatic heterocycles. The molecule has 1 saturated heterocycles. The lowest BCUT2D eigenvalue weighted by atomic mass is 10.0. The molecule has 0 radical (unpaired) electrons. The van der Waals surface area contributed by atoms with Crippen molar-refractivity contribution in [3.8, 4) is 5.75 Å². The van der Waals surface area contributed by atoms with Crippen molar-refractivity contribution in [3.63, 3.8) is 0 Å². The molecule has 0 saturated carbocycles. The van der Waals surface area contributed by atoms with Crippen LogP contribution in [-0.4, -0.2) is 59.5 Å². The number of nitrogens with zero attached hydrogens (tertiary/aromatic N) is 4. The van der Waals surface area contributed by atoms with Crippen LogP contribution < -0.4 is 10.1 Å². The number of imidazole rings is 1. The summed E-state index contributed by atoms with van der Waals surface area (Å²) in [6.45, 7) is 6.17. The van der Waals surface area contributed by atoms with Crippen LogP contribution in [-0.2, 0) is 4.74 Å². The predicted molar refractivity (Wildman–Crippen MR) is 102 cm³/mol. The van der Waals surface area contributed by atoms with Gasteiger partial charge in [0.15, 0.2) is 0 Å². The van der Waals surface area contributed by atoms with Gasteiger partial charge < -0.3 is 14.8 Å². The third-order valence-corrected chi connectivity index (χ3v) is 5.48. The van der Waals surface area contributed by atoms with Crippen molar-refractivity contribution in [2.45, 2.75) is 13.0 Å². The molecule has 26 heavy (non-hydrogen) atoms. The maximum atomic E-state index is 5.52. The topological polar surface area (TPSA) is 63.9 Å². The van der Waals surface area contributed by atoms with E-state index in [0.717, 1.165) is 54.4 Å². The standard InChI is InChI=1S/C18H23N5O2S/c1-13-12-23-18(20-13)26-17(21-23)19-11-16(22-7-9-25-10-8-22)14-3-5-15(24-2)6-4-14/h3-6,12,16H,7-11H2,1-2H3,(H,19,21). The van der Waals surface area contributed by atoms with Crippen molar-refractivity contribution in [1.29, 1.82) is 0 Å². The number of aromatic nitrogens is 3.